The Morgan fingerprint density at radius 3 is 2.52 bits per heavy atom. The maximum Gasteiger partial charge on any atom is 0.344 e. The van der Waals surface area contributed by atoms with Crippen molar-refractivity contribution in [3.63, 3.8) is 0 Å². The topological polar surface area (TPSA) is 83.0 Å². The normalized spacial score (nSPS) is 12.4. The molecule has 0 amide bonds. The molecule has 0 aliphatic rings. The van der Waals surface area contributed by atoms with Crippen LogP contribution in [0.3, 0.4) is 0 Å². The Morgan fingerprint density at radius 2 is 1.83 bits per heavy atom. The summed E-state index contributed by atoms with van der Waals surface area (Å²) in [5, 5.41) is 0. The number of nitrogens with zero attached hydrogens (tertiary/aromatic N) is 3. The minimum atomic E-state index is -0.476. The Morgan fingerprint density at radius 1 is 1.14 bits per heavy atom. The monoisotopic (exact) mass is 388 g/mol. The number of rotatable bonds is 4. The minimum Gasteiger partial charge on any atom is -0.459 e. The first-order valence-electron chi connectivity index (χ1n) is 9.76. The van der Waals surface area contributed by atoms with Gasteiger partial charge in [-0.05, 0) is 56.5 Å². The van der Waals surface area contributed by atoms with Gasteiger partial charge in [-0.1, -0.05) is 31.2 Å². The fourth-order valence-electron chi connectivity index (χ4n) is 3.39. The molecule has 0 radical (unpaired) electrons. The van der Waals surface area contributed by atoms with E-state index in [0.29, 0.717) is 16.7 Å². The molecule has 2 aromatic carbocycles. The number of hydrogen-bond donors (Lipinski definition) is 1. The number of nitrogen functional groups attached to an aromatic ring is 1. The number of para-hydroxylation sites is 2. The highest BCUT2D eigenvalue weighted by atomic mass is 16.5. The Balaban J connectivity index is 2.07. The molecule has 1 atom stereocenters. The first-order valence-corrected chi connectivity index (χ1v) is 9.76. The molecule has 6 heteroatoms. The lowest BCUT2D eigenvalue weighted by Crippen LogP contribution is -2.15. The van der Waals surface area contributed by atoms with Gasteiger partial charge in [0.2, 0.25) is 0 Å². The van der Waals surface area contributed by atoms with Crippen LogP contribution in [0.15, 0.2) is 42.5 Å². The molecule has 0 fully saturated rings. The SMILES string of the molecule is CCC(C)OC(=O)c1c(N)n(-c2cc(C)ccc2C)c2nc3ccccc3nc12. The number of anilines is 1. The van der Waals surface area contributed by atoms with Crippen LogP contribution in [-0.2, 0) is 4.74 Å². The van der Waals surface area contributed by atoms with Crippen LogP contribution < -0.4 is 5.73 Å². The number of benzene rings is 2. The van der Waals surface area contributed by atoms with Gasteiger partial charge in [0, 0.05) is 0 Å². The molecular weight excluding hydrogens is 364 g/mol. The molecule has 2 heterocycles. The van der Waals surface area contributed by atoms with Crippen LogP contribution in [0.1, 0.15) is 41.8 Å². The third kappa shape index (κ3) is 3.20. The average Bonchev–Trinajstić information content (AvgIpc) is 2.98. The maximum absolute atomic E-state index is 13.0. The lowest BCUT2D eigenvalue weighted by molar-refractivity contribution is 0.0338. The summed E-state index contributed by atoms with van der Waals surface area (Å²) in [5.74, 6) is -0.187. The van der Waals surface area contributed by atoms with Crippen molar-refractivity contribution >= 4 is 34.0 Å². The van der Waals surface area contributed by atoms with E-state index in [9.17, 15) is 4.79 Å². The summed E-state index contributed by atoms with van der Waals surface area (Å²) in [6.45, 7) is 7.85. The van der Waals surface area contributed by atoms with Gasteiger partial charge in [0.05, 0.1) is 22.8 Å². The number of ether oxygens (including phenoxy) is 1. The van der Waals surface area contributed by atoms with Crippen LogP contribution in [0.2, 0.25) is 0 Å². The van der Waals surface area contributed by atoms with Crippen LogP contribution >= 0.6 is 0 Å². The Labute approximate surface area is 169 Å². The Kier molecular flexibility index (Phi) is 4.70. The highest BCUT2D eigenvalue weighted by molar-refractivity contribution is 6.09. The zero-order valence-electron chi connectivity index (χ0n) is 17.1. The zero-order valence-corrected chi connectivity index (χ0v) is 17.1. The molecule has 0 bridgehead atoms. The van der Waals surface area contributed by atoms with Crippen LogP contribution in [0, 0.1) is 13.8 Å². The number of carbonyl (C=O) groups excluding carboxylic acids is 1. The Bertz CT molecular complexity index is 1240. The summed E-state index contributed by atoms with van der Waals surface area (Å²) in [4.78, 5) is 22.5. The van der Waals surface area contributed by atoms with Crippen LogP contribution in [0.25, 0.3) is 27.9 Å². The molecule has 4 rings (SSSR count). The molecule has 0 aliphatic carbocycles. The average molecular weight is 388 g/mol. The quantitative estimate of drug-likeness (QED) is 0.511. The second-order valence-electron chi connectivity index (χ2n) is 7.39. The van der Waals surface area contributed by atoms with Gasteiger partial charge in [0.15, 0.2) is 5.65 Å². The molecule has 4 aromatic rings. The molecule has 2 aromatic heterocycles. The van der Waals surface area contributed by atoms with Gasteiger partial charge in [0.1, 0.15) is 16.9 Å². The van der Waals surface area contributed by atoms with E-state index >= 15 is 0 Å². The predicted molar refractivity (Wildman–Crippen MR) is 115 cm³/mol. The van der Waals surface area contributed by atoms with Crippen molar-refractivity contribution in [1.82, 2.24) is 14.5 Å². The zero-order chi connectivity index (χ0) is 20.7. The van der Waals surface area contributed by atoms with Crippen molar-refractivity contribution in [2.24, 2.45) is 0 Å². The largest absolute Gasteiger partial charge is 0.459 e. The van der Waals surface area contributed by atoms with Gasteiger partial charge in [0.25, 0.3) is 0 Å². The summed E-state index contributed by atoms with van der Waals surface area (Å²) in [5.41, 5.74) is 12.2. The molecule has 29 heavy (non-hydrogen) atoms. The number of nitrogens with two attached hydrogens (primary N) is 1. The maximum atomic E-state index is 13.0. The van der Waals surface area contributed by atoms with Crippen molar-refractivity contribution in [3.05, 3.63) is 59.2 Å². The number of esters is 1. The lowest BCUT2D eigenvalue weighted by Gasteiger charge is -2.13. The van der Waals surface area contributed by atoms with E-state index in [1.807, 2.05) is 74.7 Å². The number of fused-ring (bicyclic) bond motifs is 2. The van der Waals surface area contributed by atoms with E-state index in [4.69, 9.17) is 20.4 Å². The van der Waals surface area contributed by atoms with Crippen molar-refractivity contribution in [1.29, 1.82) is 0 Å². The van der Waals surface area contributed by atoms with Gasteiger partial charge in [-0.15, -0.1) is 0 Å². The van der Waals surface area contributed by atoms with E-state index in [0.717, 1.165) is 28.8 Å². The number of carbonyl (C=O) groups is 1. The van der Waals surface area contributed by atoms with Gasteiger partial charge >= 0.3 is 5.97 Å². The molecule has 0 spiro atoms. The second kappa shape index (κ2) is 7.20. The number of aromatic nitrogens is 3. The van der Waals surface area contributed by atoms with Crippen molar-refractivity contribution in [3.8, 4) is 5.69 Å². The van der Waals surface area contributed by atoms with E-state index in [1.165, 1.54) is 0 Å². The van der Waals surface area contributed by atoms with Gasteiger partial charge in [-0.2, -0.15) is 0 Å². The van der Waals surface area contributed by atoms with Gasteiger partial charge in [-0.3, -0.25) is 4.57 Å². The fraction of sp³-hybridized carbons (Fsp3) is 0.261. The minimum absolute atomic E-state index is 0.213. The van der Waals surface area contributed by atoms with Crippen molar-refractivity contribution in [2.75, 3.05) is 5.73 Å². The van der Waals surface area contributed by atoms with E-state index in [1.54, 1.807) is 0 Å². The summed E-state index contributed by atoms with van der Waals surface area (Å²) in [6.07, 6.45) is 0.505. The molecule has 1 unspecified atom stereocenters. The van der Waals surface area contributed by atoms with Crippen molar-refractivity contribution in [2.45, 2.75) is 40.2 Å². The third-order valence-electron chi connectivity index (χ3n) is 5.19. The standard InChI is InChI=1S/C23H24N4O2/c1-5-15(4)29-23(28)19-20-22(26-17-9-7-6-8-16(17)25-20)27(21(19)24)18-12-13(2)10-11-14(18)3/h6-12,15H,5,24H2,1-4H3. The first kappa shape index (κ1) is 18.9. The molecule has 6 nitrogen and oxygen atoms in total. The second-order valence-corrected chi connectivity index (χ2v) is 7.39. The first-order chi connectivity index (χ1) is 13.9. The highest BCUT2D eigenvalue weighted by Gasteiger charge is 2.27. The van der Waals surface area contributed by atoms with E-state index in [2.05, 4.69) is 0 Å². The summed E-state index contributed by atoms with van der Waals surface area (Å²) in [7, 11) is 0. The summed E-state index contributed by atoms with van der Waals surface area (Å²) >= 11 is 0. The third-order valence-corrected chi connectivity index (χ3v) is 5.19. The van der Waals surface area contributed by atoms with E-state index < -0.39 is 5.97 Å². The molecule has 0 saturated heterocycles. The van der Waals surface area contributed by atoms with E-state index in [-0.39, 0.29) is 17.5 Å². The van der Waals surface area contributed by atoms with Crippen LogP contribution in [0.5, 0.6) is 0 Å². The predicted octanol–water partition coefficient (Wildman–Crippen LogP) is 4.73. The smallest absolute Gasteiger partial charge is 0.344 e. The molecule has 2 N–H and O–H groups in total. The molecule has 0 aliphatic heterocycles. The lowest BCUT2D eigenvalue weighted by atomic mass is 10.1. The Hall–Kier alpha value is -3.41. The van der Waals surface area contributed by atoms with Crippen molar-refractivity contribution < 1.29 is 9.53 Å². The van der Waals surface area contributed by atoms with Gasteiger partial charge < -0.3 is 10.5 Å². The molecule has 148 valence electrons. The van der Waals surface area contributed by atoms with Crippen LogP contribution in [0.4, 0.5) is 5.82 Å². The van der Waals surface area contributed by atoms with Crippen LogP contribution in [-0.4, -0.2) is 26.6 Å². The fourth-order valence-corrected chi connectivity index (χ4v) is 3.39. The molecule has 0 saturated carbocycles. The molecular formula is C23H24N4O2. The summed E-state index contributed by atoms with van der Waals surface area (Å²) in [6, 6.07) is 13.7. The number of aryl methyl sites for hydroxylation is 2. The number of hydrogen-bond acceptors (Lipinski definition) is 5. The highest BCUT2D eigenvalue weighted by Crippen LogP contribution is 2.33. The summed E-state index contributed by atoms with van der Waals surface area (Å²) < 4.78 is 7.40. The van der Waals surface area contributed by atoms with Gasteiger partial charge in [-0.25, -0.2) is 14.8 Å².